The number of rotatable bonds is 5. The highest BCUT2D eigenvalue weighted by atomic mass is 16.3. The summed E-state index contributed by atoms with van der Waals surface area (Å²) in [6.45, 7) is 5.68. The molecule has 1 heterocycles. The van der Waals surface area contributed by atoms with Gasteiger partial charge in [0.25, 0.3) is 0 Å². The van der Waals surface area contributed by atoms with Crippen molar-refractivity contribution < 1.29 is 9.52 Å². The van der Waals surface area contributed by atoms with Crippen molar-refractivity contribution >= 4 is 0 Å². The summed E-state index contributed by atoms with van der Waals surface area (Å²) in [5.41, 5.74) is 1.02. The molecule has 0 aliphatic heterocycles. The van der Waals surface area contributed by atoms with Crippen LogP contribution in [0.2, 0.25) is 0 Å². The van der Waals surface area contributed by atoms with Crippen LogP contribution in [0.15, 0.2) is 35.0 Å². The second-order valence-electron chi connectivity index (χ2n) is 3.43. The van der Waals surface area contributed by atoms with E-state index in [0.29, 0.717) is 6.42 Å². The molecular formula is C11H16O2. The summed E-state index contributed by atoms with van der Waals surface area (Å²) in [7, 11) is 0. The molecule has 0 aromatic carbocycles. The van der Waals surface area contributed by atoms with Crippen molar-refractivity contribution in [3.63, 3.8) is 0 Å². The standard InChI is InChI=1S/C11H16O2/c1-9(2)8-10(12)5-6-11-4-3-7-13-11/h3-4,7,10,12H,1,5-6,8H2,2H3. The third-order valence-electron chi connectivity index (χ3n) is 1.89. The van der Waals surface area contributed by atoms with E-state index >= 15 is 0 Å². The number of hydrogen-bond donors (Lipinski definition) is 1. The molecule has 1 unspecified atom stereocenters. The van der Waals surface area contributed by atoms with Crippen LogP contribution >= 0.6 is 0 Å². The molecule has 0 saturated carbocycles. The molecule has 2 heteroatoms. The highest BCUT2D eigenvalue weighted by molar-refractivity contribution is 4.99. The van der Waals surface area contributed by atoms with Gasteiger partial charge in [0, 0.05) is 6.42 Å². The minimum Gasteiger partial charge on any atom is -0.469 e. The highest BCUT2D eigenvalue weighted by Crippen LogP contribution is 2.10. The zero-order chi connectivity index (χ0) is 9.68. The quantitative estimate of drug-likeness (QED) is 0.706. The van der Waals surface area contributed by atoms with E-state index in [2.05, 4.69) is 6.58 Å². The summed E-state index contributed by atoms with van der Waals surface area (Å²) < 4.78 is 5.16. The molecule has 1 aromatic rings. The van der Waals surface area contributed by atoms with Crippen LogP contribution in [0.5, 0.6) is 0 Å². The van der Waals surface area contributed by atoms with Crippen LogP contribution < -0.4 is 0 Å². The van der Waals surface area contributed by atoms with E-state index in [0.717, 1.165) is 24.2 Å². The summed E-state index contributed by atoms with van der Waals surface area (Å²) in [6, 6.07) is 3.79. The maximum absolute atomic E-state index is 9.52. The second-order valence-corrected chi connectivity index (χ2v) is 3.43. The van der Waals surface area contributed by atoms with Crippen molar-refractivity contribution in [3.05, 3.63) is 36.3 Å². The monoisotopic (exact) mass is 180 g/mol. The molecule has 0 radical (unpaired) electrons. The first-order valence-corrected chi connectivity index (χ1v) is 4.53. The summed E-state index contributed by atoms with van der Waals surface area (Å²) in [5, 5.41) is 9.52. The Kier molecular flexibility index (Phi) is 3.77. The van der Waals surface area contributed by atoms with Gasteiger partial charge in [-0.15, -0.1) is 6.58 Å². The van der Waals surface area contributed by atoms with E-state index in [-0.39, 0.29) is 6.10 Å². The molecule has 2 nitrogen and oxygen atoms in total. The van der Waals surface area contributed by atoms with Gasteiger partial charge in [-0.2, -0.15) is 0 Å². The molecule has 72 valence electrons. The van der Waals surface area contributed by atoms with Crippen LogP contribution in [0.1, 0.15) is 25.5 Å². The largest absolute Gasteiger partial charge is 0.469 e. The van der Waals surface area contributed by atoms with E-state index in [1.54, 1.807) is 6.26 Å². The van der Waals surface area contributed by atoms with Gasteiger partial charge in [0.15, 0.2) is 0 Å². The van der Waals surface area contributed by atoms with Gasteiger partial charge >= 0.3 is 0 Å². The minimum atomic E-state index is -0.289. The van der Waals surface area contributed by atoms with Crippen LogP contribution in [0, 0.1) is 0 Å². The van der Waals surface area contributed by atoms with Crippen molar-refractivity contribution in [2.75, 3.05) is 0 Å². The lowest BCUT2D eigenvalue weighted by molar-refractivity contribution is 0.163. The predicted molar refractivity (Wildman–Crippen MR) is 52.5 cm³/mol. The molecule has 0 spiro atoms. The van der Waals surface area contributed by atoms with E-state index in [1.807, 2.05) is 19.1 Å². The van der Waals surface area contributed by atoms with Gasteiger partial charge in [-0.3, -0.25) is 0 Å². The van der Waals surface area contributed by atoms with Crippen molar-refractivity contribution in [1.82, 2.24) is 0 Å². The fraction of sp³-hybridized carbons (Fsp3) is 0.455. The van der Waals surface area contributed by atoms with Crippen molar-refractivity contribution in [1.29, 1.82) is 0 Å². The predicted octanol–water partition coefficient (Wildman–Crippen LogP) is 2.54. The molecule has 13 heavy (non-hydrogen) atoms. The van der Waals surface area contributed by atoms with Crippen molar-refractivity contribution in [3.8, 4) is 0 Å². The molecular weight excluding hydrogens is 164 g/mol. The summed E-state index contributed by atoms with van der Waals surface area (Å²) in [4.78, 5) is 0. The Balaban J connectivity index is 2.22. The molecule has 1 atom stereocenters. The lowest BCUT2D eigenvalue weighted by Gasteiger charge is -2.08. The van der Waals surface area contributed by atoms with Crippen molar-refractivity contribution in [2.24, 2.45) is 0 Å². The Morgan fingerprint density at radius 2 is 2.46 bits per heavy atom. The first-order chi connectivity index (χ1) is 6.18. The van der Waals surface area contributed by atoms with Gasteiger partial charge in [0.05, 0.1) is 12.4 Å². The lowest BCUT2D eigenvalue weighted by atomic mass is 10.1. The van der Waals surface area contributed by atoms with Crippen LogP contribution in [-0.2, 0) is 6.42 Å². The van der Waals surface area contributed by atoms with Crippen LogP contribution in [0.3, 0.4) is 0 Å². The third-order valence-corrected chi connectivity index (χ3v) is 1.89. The molecule has 0 amide bonds. The van der Waals surface area contributed by atoms with E-state index < -0.39 is 0 Å². The molecule has 0 aliphatic rings. The number of aliphatic hydroxyl groups is 1. The summed E-state index contributed by atoms with van der Waals surface area (Å²) >= 11 is 0. The fourth-order valence-electron chi connectivity index (χ4n) is 1.27. The van der Waals surface area contributed by atoms with E-state index in [9.17, 15) is 5.11 Å². The van der Waals surface area contributed by atoms with Gasteiger partial charge < -0.3 is 9.52 Å². The average molecular weight is 180 g/mol. The first kappa shape index (κ1) is 10.1. The molecule has 1 aromatic heterocycles. The molecule has 0 aliphatic carbocycles. The lowest BCUT2D eigenvalue weighted by Crippen LogP contribution is -2.07. The van der Waals surface area contributed by atoms with Gasteiger partial charge in [-0.25, -0.2) is 0 Å². The van der Waals surface area contributed by atoms with Crippen LogP contribution in [0.25, 0.3) is 0 Å². The smallest absolute Gasteiger partial charge is 0.103 e. The van der Waals surface area contributed by atoms with E-state index in [4.69, 9.17) is 4.42 Å². The van der Waals surface area contributed by atoms with Gasteiger partial charge in [-0.05, 0) is 31.9 Å². The maximum atomic E-state index is 9.52. The third kappa shape index (κ3) is 3.95. The van der Waals surface area contributed by atoms with E-state index in [1.165, 1.54) is 0 Å². The highest BCUT2D eigenvalue weighted by Gasteiger charge is 2.05. The molecule has 0 saturated heterocycles. The summed E-state index contributed by atoms with van der Waals surface area (Å²) in [6.07, 6.45) is 3.57. The normalized spacial score (nSPS) is 12.8. The summed E-state index contributed by atoms with van der Waals surface area (Å²) in [5.74, 6) is 0.931. The van der Waals surface area contributed by atoms with Crippen LogP contribution in [-0.4, -0.2) is 11.2 Å². The minimum absolute atomic E-state index is 0.289. The van der Waals surface area contributed by atoms with Gasteiger partial charge in [-0.1, -0.05) is 5.57 Å². The second kappa shape index (κ2) is 4.87. The topological polar surface area (TPSA) is 33.4 Å². The number of aryl methyl sites for hydroxylation is 1. The number of furan rings is 1. The van der Waals surface area contributed by atoms with Crippen molar-refractivity contribution in [2.45, 2.75) is 32.3 Å². The Morgan fingerprint density at radius 1 is 1.69 bits per heavy atom. The average Bonchev–Trinajstić information content (AvgIpc) is 2.51. The Bertz CT molecular complexity index is 249. The Morgan fingerprint density at radius 3 is 3.00 bits per heavy atom. The molecule has 0 fully saturated rings. The molecule has 1 rings (SSSR count). The number of hydrogen-bond acceptors (Lipinski definition) is 2. The zero-order valence-corrected chi connectivity index (χ0v) is 7.99. The molecule has 0 bridgehead atoms. The fourth-order valence-corrected chi connectivity index (χ4v) is 1.27. The molecule has 1 N–H and O–H groups in total. The zero-order valence-electron chi connectivity index (χ0n) is 7.99. The number of aliphatic hydroxyl groups excluding tert-OH is 1. The van der Waals surface area contributed by atoms with Gasteiger partial charge in [0.1, 0.15) is 5.76 Å². The van der Waals surface area contributed by atoms with Gasteiger partial charge in [0.2, 0.25) is 0 Å². The van der Waals surface area contributed by atoms with Crippen LogP contribution in [0.4, 0.5) is 0 Å². The maximum Gasteiger partial charge on any atom is 0.103 e. The Hall–Kier alpha value is -1.02. The first-order valence-electron chi connectivity index (χ1n) is 4.53. The SMILES string of the molecule is C=C(C)CC(O)CCc1ccco1. The Labute approximate surface area is 78.9 Å².